The summed E-state index contributed by atoms with van der Waals surface area (Å²) in [5, 5.41) is 7.06. The van der Waals surface area contributed by atoms with Crippen molar-refractivity contribution >= 4 is 33.4 Å². The van der Waals surface area contributed by atoms with Crippen LogP contribution in [-0.2, 0) is 47.1 Å². The number of benzene rings is 2. The van der Waals surface area contributed by atoms with Crippen LogP contribution < -0.4 is 15.4 Å². The van der Waals surface area contributed by atoms with Gasteiger partial charge in [0.25, 0.3) is 5.91 Å². The van der Waals surface area contributed by atoms with E-state index >= 15 is 0 Å². The Morgan fingerprint density at radius 3 is 2.59 bits per heavy atom. The third-order valence-corrected chi connectivity index (χ3v) is 12.3. The van der Waals surface area contributed by atoms with Crippen molar-refractivity contribution in [3.63, 3.8) is 0 Å². The number of hydrogen-bond donors (Lipinski definition) is 3. The van der Waals surface area contributed by atoms with E-state index < -0.39 is 62.5 Å². The molecule has 15 heteroatoms. The molecule has 0 unspecified atom stereocenters. The molecular weight excluding hydrogens is 684 g/mol. The molecule has 0 aromatic heterocycles. The summed E-state index contributed by atoms with van der Waals surface area (Å²) in [4.78, 5) is 49.4. The Bertz CT molecular complexity index is 1790. The van der Waals surface area contributed by atoms with E-state index in [1.165, 1.54) is 23.1 Å². The van der Waals surface area contributed by atoms with Crippen LogP contribution >= 0.6 is 0 Å². The first-order chi connectivity index (χ1) is 24.5. The van der Waals surface area contributed by atoms with Crippen molar-refractivity contribution in [1.29, 1.82) is 0 Å². The van der Waals surface area contributed by atoms with Gasteiger partial charge in [0.1, 0.15) is 29.3 Å². The molecule has 3 heterocycles. The Labute approximate surface area is 295 Å². The SMILES string of the molecule is O=C1N[C@]2(C(=O)NS(=O)(=O)C3CC3)C[C@H]2/C=C\CCCCC[C@H](Nc2ccc(F)cc2)C(=O)N2C[C@H](OCON3Cc4cccc(F)c4C3)C[C@@H]12. The molecule has 3 N–H and O–H groups in total. The minimum atomic E-state index is -3.87. The van der Waals surface area contributed by atoms with E-state index in [4.69, 9.17) is 9.57 Å². The quantitative estimate of drug-likeness (QED) is 0.261. The van der Waals surface area contributed by atoms with Crippen molar-refractivity contribution in [1.82, 2.24) is 20.0 Å². The molecule has 0 radical (unpaired) electrons. The van der Waals surface area contributed by atoms with Crippen LogP contribution in [0.15, 0.2) is 54.6 Å². The van der Waals surface area contributed by atoms with E-state index in [0.29, 0.717) is 43.5 Å². The number of anilines is 1. The number of nitrogens with one attached hydrogen (secondary N) is 3. The Morgan fingerprint density at radius 1 is 1.02 bits per heavy atom. The van der Waals surface area contributed by atoms with Gasteiger partial charge >= 0.3 is 0 Å². The van der Waals surface area contributed by atoms with E-state index in [-0.39, 0.29) is 44.4 Å². The van der Waals surface area contributed by atoms with Crippen molar-refractivity contribution in [3.05, 3.63) is 77.4 Å². The van der Waals surface area contributed by atoms with Crippen molar-refractivity contribution in [2.75, 3.05) is 18.7 Å². The van der Waals surface area contributed by atoms with Crippen molar-refractivity contribution < 1.29 is 41.2 Å². The van der Waals surface area contributed by atoms with Crippen LogP contribution in [0.4, 0.5) is 14.5 Å². The monoisotopic (exact) mass is 727 g/mol. The standard InChI is InChI=1S/C36H43F2N5O7S/c37-25-11-13-26(14-12-25)39-31-10-5-3-1-2-4-8-24-18-36(24,35(46)41-51(47,48)28-15-16-28)40-33(44)32-17-27(20-43(32)34(31)45)49-22-50-42-19-23-7-6-9-30(38)29(23)21-42/h4,6-9,11-14,24,27-28,31-32,39H,1-3,5,10,15-22H2,(H,40,44)(H,41,46)/b8-4-/t24-,27-,31+,32+,36-/m1/s1. The number of ether oxygens (including phenoxy) is 1. The number of rotatable bonds is 9. The van der Waals surface area contributed by atoms with Crippen LogP contribution in [0, 0.1) is 17.6 Å². The number of carbonyl (C=O) groups is 3. The van der Waals surface area contributed by atoms with Gasteiger partial charge in [-0.25, -0.2) is 17.2 Å². The van der Waals surface area contributed by atoms with Gasteiger partial charge in [-0.05, 0) is 74.4 Å². The molecule has 2 aromatic rings. The molecule has 2 aliphatic carbocycles. The second-order valence-electron chi connectivity index (χ2n) is 14.2. The van der Waals surface area contributed by atoms with Gasteiger partial charge in [-0.1, -0.05) is 37.1 Å². The van der Waals surface area contributed by atoms with E-state index in [9.17, 15) is 31.6 Å². The maximum Gasteiger partial charge on any atom is 0.259 e. The second-order valence-corrected chi connectivity index (χ2v) is 16.1. The highest BCUT2D eigenvalue weighted by Crippen LogP contribution is 2.46. The molecule has 3 amide bonds. The topological polar surface area (TPSA) is 146 Å². The molecule has 3 aliphatic heterocycles. The second kappa shape index (κ2) is 14.6. The van der Waals surface area contributed by atoms with E-state index in [2.05, 4.69) is 15.4 Å². The van der Waals surface area contributed by atoms with Gasteiger partial charge in [0, 0.05) is 30.1 Å². The number of hydrogen-bond acceptors (Lipinski definition) is 9. The molecule has 274 valence electrons. The molecule has 12 nitrogen and oxygen atoms in total. The lowest BCUT2D eigenvalue weighted by Crippen LogP contribution is -2.57. The maximum atomic E-state index is 14.4. The predicted molar refractivity (Wildman–Crippen MR) is 182 cm³/mol. The molecule has 3 fully saturated rings. The summed E-state index contributed by atoms with van der Waals surface area (Å²) in [6.07, 6.45) is 8.03. The molecule has 0 spiro atoms. The molecule has 0 bridgehead atoms. The summed E-state index contributed by atoms with van der Waals surface area (Å²) in [7, 11) is -3.87. The molecule has 1 saturated heterocycles. The Balaban J connectivity index is 1.10. The fourth-order valence-corrected chi connectivity index (χ4v) is 8.64. The van der Waals surface area contributed by atoms with Gasteiger partial charge in [-0.3, -0.25) is 23.9 Å². The van der Waals surface area contributed by atoms with Crippen molar-refractivity contribution in [2.24, 2.45) is 5.92 Å². The van der Waals surface area contributed by atoms with Gasteiger partial charge in [-0.15, -0.1) is 0 Å². The van der Waals surface area contributed by atoms with Gasteiger partial charge in [0.05, 0.1) is 24.4 Å². The summed E-state index contributed by atoms with van der Waals surface area (Å²) < 4.78 is 61.7. The summed E-state index contributed by atoms with van der Waals surface area (Å²) >= 11 is 0. The lowest BCUT2D eigenvalue weighted by molar-refractivity contribution is -0.239. The van der Waals surface area contributed by atoms with Crippen LogP contribution in [0.5, 0.6) is 0 Å². The van der Waals surface area contributed by atoms with Crippen LogP contribution in [0.3, 0.4) is 0 Å². The highest BCUT2D eigenvalue weighted by molar-refractivity contribution is 7.91. The third-order valence-electron chi connectivity index (χ3n) is 10.5. The normalized spacial score (nSPS) is 29.2. The highest BCUT2D eigenvalue weighted by atomic mass is 32.2. The first-order valence-corrected chi connectivity index (χ1v) is 19.2. The molecule has 7 rings (SSSR count). The average Bonchev–Trinajstić information content (AvgIpc) is 3.99. The van der Waals surface area contributed by atoms with Gasteiger partial charge in [0.2, 0.25) is 21.8 Å². The number of amides is 3. The first kappa shape index (κ1) is 35.5. The number of sulfonamides is 1. The zero-order chi connectivity index (χ0) is 35.8. The lowest BCUT2D eigenvalue weighted by Gasteiger charge is -2.30. The van der Waals surface area contributed by atoms with E-state index in [0.717, 1.165) is 24.8 Å². The summed E-state index contributed by atoms with van der Waals surface area (Å²) in [5.74, 6) is -2.85. The smallest absolute Gasteiger partial charge is 0.259 e. The summed E-state index contributed by atoms with van der Waals surface area (Å²) in [5.41, 5.74) is 0.453. The van der Waals surface area contributed by atoms with Crippen LogP contribution in [-0.4, -0.2) is 78.4 Å². The number of carbonyl (C=O) groups excluding carboxylic acids is 3. The minimum Gasteiger partial charge on any atom is -0.374 e. The third kappa shape index (κ3) is 7.96. The Kier molecular flexibility index (Phi) is 10.2. The van der Waals surface area contributed by atoms with Gasteiger partial charge in [-0.2, -0.15) is 5.06 Å². The zero-order valence-corrected chi connectivity index (χ0v) is 29.0. The zero-order valence-electron chi connectivity index (χ0n) is 28.2. The number of allylic oxidation sites excluding steroid dienone is 1. The number of halogens is 2. The van der Waals surface area contributed by atoms with Crippen LogP contribution in [0.1, 0.15) is 68.9 Å². The van der Waals surface area contributed by atoms with E-state index in [1.54, 1.807) is 23.3 Å². The molecule has 51 heavy (non-hydrogen) atoms. The number of nitrogens with zero attached hydrogens (tertiary/aromatic N) is 2. The number of fused-ring (bicyclic) bond motifs is 3. The van der Waals surface area contributed by atoms with Crippen LogP contribution in [0.2, 0.25) is 0 Å². The maximum absolute atomic E-state index is 14.4. The number of hydroxylamine groups is 2. The largest absolute Gasteiger partial charge is 0.374 e. The van der Waals surface area contributed by atoms with E-state index in [1.807, 2.05) is 18.2 Å². The van der Waals surface area contributed by atoms with Crippen LogP contribution in [0.25, 0.3) is 0 Å². The fourth-order valence-electron chi connectivity index (χ4n) is 7.27. The molecule has 2 saturated carbocycles. The molecule has 5 atom stereocenters. The Morgan fingerprint density at radius 2 is 1.82 bits per heavy atom. The first-order valence-electron chi connectivity index (χ1n) is 17.7. The van der Waals surface area contributed by atoms with Gasteiger partial charge < -0.3 is 20.3 Å². The Hall–Kier alpha value is -3.92. The highest BCUT2D eigenvalue weighted by Gasteiger charge is 2.62. The minimum absolute atomic E-state index is 0.0509. The fraction of sp³-hybridized carbons (Fsp3) is 0.528. The van der Waals surface area contributed by atoms with Crippen molar-refractivity contribution in [3.8, 4) is 0 Å². The molecule has 5 aliphatic rings. The predicted octanol–water partition coefficient (Wildman–Crippen LogP) is 3.64. The molecule has 2 aromatic carbocycles. The van der Waals surface area contributed by atoms with Crippen molar-refractivity contribution in [2.45, 2.75) is 99.9 Å². The average molecular weight is 728 g/mol. The summed E-state index contributed by atoms with van der Waals surface area (Å²) in [6, 6.07) is 8.80. The van der Waals surface area contributed by atoms with Gasteiger partial charge in [0.15, 0.2) is 6.79 Å². The summed E-state index contributed by atoms with van der Waals surface area (Å²) in [6.45, 7) is 0.476. The lowest BCUT2D eigenvalue weighted by atomic mass is 10.0. The molecular formula is C36H43F2N5O7S.